The van der Waals surface area contributed by atoms with Crippen molar-refractivity contribution in [1.82, 2.24) is 4.90 Å². The lowest BCUT2D eigenvalue weighted by Crippen LogP contribution is -2.40. The molecule has 0 aliphatic carbocycles. The second-order valence-corrected chi connectivity index (χ2v) is 6.03. The summed E-state index contributed by atoms with van der Waals surface area (Å²) in [7, 11) is 0. The molecule has 7 heteroatoms. The summed E-state index contributed by atoms with van der Waals surface area (Å²) >= 11 is 3.08. The van der Waals surface area contributed by atoms with E-state index >= 15 is 0 Å². The Morgan fingerprint density at radius 3 is 2.71 bits per heavy atom. The molecule has 1 fully saturated rings. The van der Waals surface area contributed by atoms with Crippen molar-refractivity contribution < 1.29 is 19.1 Å². The topological polar surface area (TPSA) is 69.6 Å². The van der Waals surface area contributed by atoms with Crippen LogP contribution in [0.4, 0.5) is 14.9 Å². The number of rotatable bonds is 2. The third-order valence-corrected chi connectivity index (χ3v) is 4.45. The van der Waals surface area contributed by atoms with Crippen LogP contribution in [0.1, 0.15) is 18.9 Å². The molecule has 0 spiro atoms. The van der Waals surface area contributed by atoms with Crippen LogP contribution in [-0.2, 0) is 4.79 Å². The molecule has 1 aliphatic heterocycles. The summed E-state index contributed by atoms with van der Waals surface area (Å²) in [5, 5.41) is 11.7. The van der Waals surface area contributed by atoms with Gasteiger partial charge in [0.15, 0.2) is 0 Å². The van der Waals surface area contributed by atoms with Gasteiger partial charge < -0.3 is 15.3 Å². The summed E-state index contributed by atoms with van der Waals surface area (Å²) in [6.07, 6.45) is 0.428. The molecular formula is C14H16BrFN2O3. The molecule has 1 saturated heterocycles. The molecule has 1 heterocycles. The van der Waals surface area contributed by atoms with Gasteiger partial charge >= 0.3 is 12.0 Å². The van der Waals surface area contributed by atoms with Crippen molar-refractivity contribution >= 4 is 33.6 Å². The monoisotopic (exact) mass is 358 g/mol. The van der Waals surface area contributed by atoms with E-state index in [0.29, 0.717) is 23.1 Å². The van der Waals surface area contributed by atoms with Crippen molar-refractivity contribution in [3.63, 3.8) is 0 Å². The van der Waals surface area contributed by atoms with Crippen LogP contribution in [0.2, 0.25) is 0 Å². The smallest absolute Gasteiger partial charge is 0.322 e. The predicted octanol–water partition coefficient (Wildman–Crippen LogP) is 3.22. The van der Waals surface area contributed by atoms with E-state index in [9.17, 15) is 14.0 Å². The molecule has 114 valence electrons. The zero-order valence-electron chi connectivity index (χ0n) is 11.7. The van der Waals surface area contributed by atoms with E-state index in [-0.39, 0.29) is 6.04 Å². The van der Waals surface area contributed by atoms with E-state index in [2.05, 4.69) is 21.2 Å². The highest BCUT2D eigenvalue weighted by molar-refractivity contribution is 9.10. The molecule has 1 aromatic rings. The molecule has 2 amide bonds. The van der Waals surface area contributed by atoms with Gasteiger partial charge in [0.25, 0.3) is 0 Å². The van der Waals surface area contributed by atoms with Crippen LogP contribution in [0.3, 0.4) is 0 Å². The van der Waals surface area contributed by atoms with Gasteiger partial charge in [0.05, 0.1) is 10.4 Å². The number of hydrogen-bond donors (Lipinski definition) is 2. The fourth-order valence-corrected chi connectivity index (χ4v) is 2.98. The number of amides is 2. The lowest BCUT2D eigenvalue weighted by Gasteiger charge is -2.24. The number of carboxylic acids is 1. The summed E-state index contributed by atoms with van der Waals surface area (Å²) in [6.45, 7) is 3.84. The van der Waals surface area contributed by atoms with E-state index in [0.717, 1.165) is 5.56 Å². The zero-order valence-corrected chi connectivity index (χ0v) is 13.3. The van der Waals surface area contributed by atoms with Gasteiger partial charge in [-0.25, -0.2) is 9.18 Å². The maximum Gasteiger partial charge on any atom is 0.322 e. The number of hydrogen-bond acceptors (Lipinski definition) is 2. The average molecular weight is 359 g/mol. The molecule has 0 radical (unpaired) electrons. The molecule has 0 saturated carbocycles. The van der Waals surface area contributed by atoms with Gasteiger partial charge in [-0.15, -0.1) is 0 Å². The Balaban J connectivity index is 2.12. The zero-order chi connectivity index (χ0) is 15.7. The summed E-state index contributed by atoms with van der Waals surface area (Å²) < 4.78 is 13.9. The summed E-state index contributed by atoms with van der Waals surface area (Å²) in [5.41, 5.74) is 1.10. The number of benzene rings is 1. The van der Waals surface area contributed by atoms with Gasteiger partial charge in [0, 0.05) is 18.3 Å². The third-order valence-electron chi connectivity index (χ3n) is 3.84. The Hall–Kier alpha value is -1.63. The first kappa shape index (κ1) is 15.8. The molecule has 2 rings (SSSR count). The number of aryl methyl sites for hydroxylation is 1. The highest BCUT2D eigenvalue weighted by Gasteiger charge is 2.38. The number of carbonyl (C=O) groups excluding carboxylic acids is 1. The normalized spacial score (nSPS) is 21.4. The molecule has 2 atom stereocenters. The minimum Gasteiger partial charge on any atom is -0.481 e. The van der Waals surface area contributed by atoms with Gasteiger partial charge in [-0.05, 0) is 53.9 Å². The lowest BCUT2D eigenvalue weighted by molar-refractivity contribution is -0.142. The molecule has 21 heavy (non-hydrogen) atoms. The molecule has 1 aliphatic rings. The molecule has 0 bridgehead atoms. The average Bonchev–Trinajstić information content (AvgIpc) is 2.78. The number of carbonyl (C=O) groups is 2. The molecule has 2 unspecified atom stereocenters. The van der Waals surface area contributed by atoms with E-state index in [1.165, 1.54) is 11.0 Å². The SMILES string of the molecule is Cc1cc(Br)c(F)cc1NC(=O)N1CCC(C(=O)O)C1C. The lowest BCUT2D eigenvalue weighted by atomic mass is 10.0. The minimum atomic E-state index is -0.899. The summed E-state index contributed by atoms with van der Waals surface area (Å²) in [5.74, 6) is -1.92. The predicted molar refractivity (Wildman–Crippen MR) is 79.8 cm³/mol. The van der Waals surface area contributed by atoms with E-state index < -0.39 is 23.7 Å². The Morgan fingerprint density at radius 1 is 1.48 bits per heavy atom. The van der Waals surface area contributed by atoms with E-state index in [4.69, 9.17) is 5.11 Å². The fraction of sp³-hybridized carbons (Fsp3) is 0.429. The minimum absolute atomic E-state index is 0.332. The second kappa shape index (κ2) is 6.01. The van der Waals surface area contributed by atoms with Crippen molar-refractivity contribution in [1.29, 1.82) is 0 Å². The van der Waals surface area contributed by atoms with Crippen molar-refractivity contribution in [3.05, 3.63) is 28.0 Å². The number of nitrogens with zero attached hydrogens (tertiary/aromatic N) is 1. The van der Waals surface area contributed by atoms with Crippen molar-refractivity contribution in [3.8, 4) is 0 Å². The fourth-order valence-electron chi connectivity index (χ4n) is 2.52. The van der Waals surface area contributed by atoms with E-state index in [1.54, 1.807) is 19.9 Å². The van der Waals surface area contributed by atoms with Crippen molar-refractivity contribution in [2.24, 2.45) is 5.92 Å². The highest BCUT2D eigenvalue weighted by Crippen LogP contribution is 2.27. The Kier molecular flexibility index (Phi) is 4.51. The first-order valence-electron chi connectivity index (χ1n) is 6.57. The van der Waals surface area contributed by atoms with Crippen LogP contribution in [0.15, 0.2) is 16.6 Å². The van der Waals surface area contributed by atoms with Gasteiger partial charge in [0.2, 0.25) is 0 Å². The Morgan fingerprint density at radius 2 is 2.14 bits per heavy atom. The van der Waals surface area contributed by atoms with Gasteiger partial charge in [-0.2, -0.15) is 0 Å². The summed E-state index contributed by atoms with van der Waals surface area (Å²) in [4.78, 5) is 24.8. The number of anilines is 1. The molecule has 2 N–H and O–H groups in total. The standard InChI is InChI=1S/C14H16BrFN2O3/c1-7-5-10(15)11(16)6-12(7)17-14(21)18-4-3-9(8(18)2)13(19)20/h5-6,8-9H,3-4H2,1-2H3,(H,17,21)(H,19,20). The summed E-state index contributed by atoms with van der Waals surface area (Å²) in [6, 6.07) is 2.03. The Labute approximate surface area is 130 Å². The number of nitrogens with one attached hydrogen (secondary N) is 1. The number of likely N-dealkylation sites (tertiary alicyclic amines) is 1. The van der Waals surface area contributed by atoms with Crippen molar-refractivity contribution in [2.45, 2.75) is 26.3 Å². The maximum atomic E-state index is 13.5. The van der Waals surface area contributed by atoms with Crippen molar-refractivity contribution in [2.75, 3.05) is 11.9 Å². The molecule has 0 aromatic heterocycles. The van der Waals surface area contributed by atoms with Crippen LogP contribution in [0, 0.1) is 18.7 Å². The maximum absolute atomic E-state index is 13.5. The van der Waals surface area contributed by atoms with Crippen LogP contribution in [0.25, 0.3) is 0 Å². The van der Waals surface area contributed by atoms with Gasteiger partial charge in [-0.1, -0.05) is 0 Å². The van der Waals surface area contributed by atoms with Crippen LogP contribution in [-0.4, -0.2) is 34.6 Å². The third kappa shape index (κ3) is 3.18. The second-order valence-electron chi connectivity index (χ2n) is 5.18. The Bertz CT molecular complexity index is 594. The molecular weight excluding hydrogens is 343 g/mol. The number of aliphatic carboxylic acids is 1. The number of urea groups is 1. The first-order chi connectivity index (χ1) is 9.81. The van der Waals surface area contributed by atoms with Crippen LogP contribution in [0.5, 0.6) is 0 Å². The number of carboxylic acid groups (broad SMARTS) is 1. The molecule has 1 aromatic carbocycles. The highest BCUT2D eigenvalue weighted by atomic mass is 79.9. The van der Waals surface area contributed by atoms with Crippen LogP contribution < -0.4 is 5.32 Å². The molecule has 5 nitrogen and oxygen atoms in total. The largest absolute Gasteiger partial charge is 0.481 e. The van der Waals surface area contributed by atoms with E-state index in [1.807, 2.05) is 0 Å². The van der Waals surface area contributed by atoms with Crippen LogP contribution >= 0.6 is 15.9 Å². The number of halogens is 2. The first-order valence-corrected chi connectivity index (χ1v) is 7.36. The van der Waals surface area contributed by atoms with Gasteiger partial charge in [0.1, 0.15) is 5.82 Å². The quantitative estimate of drug-likeness (QED) is 0.852. The van der Waals surface area contributed by atoms with Gasteiger partial charge in [-0.3, -0.25) is 4.79 Å².